The van der Waals surface area contributed by atoms with E-state index in [9.17, 15) is 9.90 Å². The summed E-state index contributed by atoms with van der Waals surface area (Å²) in [6.45, 7) is -0.267. The van der Waals surface area contributed by atoms with Crippen molar-refractivity contribution in [3.63, 3.8) is 0 Å². The molecule has 0 aromatic heterocycles. The number of carbonyl (C=O) groups is 1. The quantitative estimate of drug-likeness (QED) is 0.334. The van der Waals surface area contributed by atoms with E-state index >= 15 is 0 Å². The highest BCUT2D eigenvalue weighted by atomic mass is 16.6. The molecule has 0 aliphatic heterocycles. The minimum atomic E-state index is -0.627. The van der Waals surface area contributed by atoms with Crippen molar-refractivity contribution in [2.75, 3.05) is 35.0 Å². The van der Waals surface area contributed by atoms with Crippen LogP contribution >= 0.6 is 0 Å². The highest BCUT2D eigenvalue weighted by Crippen LogP contribution is 2.41. The molecule has 3 aromatic carbocycles. The summed E-state index contributed by atoms with van der Waals surface area (Å²) in [5.41, 5.74) is 1.14. The molecule has 3 rings (SSSR count). The molecule has 0 saturated carbocycles. The van der Waals surface area contributed by atoms with Gasteiger partial charge in [-0.3, -0.25) is 0 Å². The molecule has 0 aliphatic rings. The number of hydrogen-bond donors (Lipinski definition) is 1. The fourth-order valence-corrected chi connectivity index (χ4v) is 3.38. The number of aliphatic hydroxyl groups excluding tert-OH is 1. The molecule has 180 valence electrons. The number of rotatable bonds is 11. The lowest BCUT2D eigenvalue weighted by Crippen LogP contribution is -2.24. The zero-order valence-electron chi connectivity index (χ0n) is 19.6. The molecule has 0 spiro atoms. The van der Waals surface area contributed by atoms with Gasteiger partial charge in [0, 0.05) is 6.42 Å². The highest BCUT2D eigenvalue weighted by Gasteiger charge is 2.22. The molecule has 1 N–H and O–H groups in total. The van der Waals surface area contributed by atoms with E-state index in [1.165, 1.54) is 28.4 Å². The zero-order chi connectivity index (χ0) is 24.5. The average Bonchev–Trinajstić information content (AvgIpc) is 2.89. The molecule has 1 atom stereocenters. The summed E-state index contributed by atoms with van der Waals surface area (Å²) in [6.07, 6.45) is -0.325. The fraction of sp³-hybridized carbons (Fsp3) is 0.269. The van der Waals surface area contributed by atoms with Gasteiger partial charge in [0.1, 0.15) is 6.10 Å². The molecule has 0 amide bonds. The van der Waals surface area contributed by atoms with Gasteiger partial charge in [-0.05, 0) is 42.0 Å². The molecule has 34 heavy (non-hydrogen) atoms. The van der Waals surface area contributed by atoms with Gasteiger partial charge >= 0.3 is 5.97 Å². The Morgan fingerprint density at radius 1 is 0.765 bits per heavy atom. The lowest BCUT2D eigenvalue weighted by molar-refractivity contribution is 0.0724. The fourth-order valence-electron chi connectivity index (χ4n) is 3.38. The average molecular weight is 469 g/mol. The maximum absolute atomic E-state index is 12.6. The Kier molecular flexibility index (Phi) is 8.59. The molecule has 0 bridgehead atoms. The van der Waals surface area contributed by atoms with Crippen LogP contribution in [0.2, 0.25) is 0 Å². The minimum Gasteiger partial charge on any atom is -0.493 e. The van der Waals surface area contributed by atoms with Crippen LogP contribution in [0.4, 0.5) is 0 Å². The number of esters is 1. The number of aliphatic hydroxyl groups is 1. The lowest BCUT2D eigenvalue weighted by atomic mass is 10.1. The Bertz CT molecular complexity index is 1050. The first kappa shape index (κ1) is 24.7. The van der Waals surface area contributed by atoms with E-state index < -0.39 is 12.1 Å². The Morgan fingerprint density at radius 3 is 1.82 bits per heavy atom. The molecule has 8 heteroatoms. The van der Waals surface area contributed by atoms with Crippen molar-refractivity contribution < 1.29 is 38.3 Å². The maximum atomic E-state index is 12.6. The van der Waals surface area contributed by atoms with Crippen LogP contribution in [-0.2, 0) is 6.42 Å². The van der Waals surface area contributed by atoms with E-state index in [0.717, 1.165) is 5.56 Å². The summed E-state index contributed by atoms with van der Waals surface area (Å²) < 4.78 is 33.3. The van der Waals surface area contributed by atoms with Gasteiger partial charge in [-0.1, -0.05) is 24.3 Å². The first-order valence-electron chi connectivity index (χ1n) is 10.5. The predicted octanol–water partition coefficient (Wildman–Crippen LogP) is 3.92. The van der Waals surface area contributed by atoms with Gasteiger partial charge in [-0.25, -0.2) is 4.79 Å². The molecule has 1 unspecified atom stereocenters. The lowest BCUT2D eigenvalue weighted by Gasteiger charge is -2.21. The van der Waals surface area contributed by atoms with Gasteiger partial charge in [-0.2, -0.15) is 0 Å². The topological polar surface area (TPSA) is 92.7 Å². The van der Waals surface area contributed by atoms with Crippen molar-refractivity contribution in [1.29, 1.82) is 0 Å². The second-order valence-electron chi connectivity index (χ2n) is 7.20. The number of carbonyl (C=O) groups excluding carboxylic acids is 1. The monoisotopic (exact) mass is 468 g/mol. The predicted molar refractivity (Wildman–Crippen MR) is 126 cm³/mol. The van der Waals surface area contributed by atoms with Crippen molar-refractivity contribution in [2.24, 2.45) is 0 Å². The van der Waals surface area contributed by atoms with E-state index in [1.807, 2.05) is 6.07 Å². The van der Waals surface area contributed by atoms with Crippen LogP contribution in [0.1, 0.15) is 15.9 Å². The van der Waals surface area contributed by atoms with Crippen LogP contribution < -0.4 is 28.4 Å². The van der Waals surface area contributed by atoms with E-state index in [0.29, 0.717) is 40.7 Å². The highest BCUT2D eigenvalue weighted by molar-refractivity contribution is 5.91. The van der Waals surface area contributed by atoms with Crippen molar-refractivity contribution in [1.82, 2.24) is 0 Å². The van der Waals surface area contributed by atoms with E-state index in [1.54, 1.807) is 54.6 Å². The summed E-state index contributed by atoms with van der Waals surface area (Å²) in [6, 6.07) is 17.3. The molecule has 0 heterocycles. The number of ether oxygens (including phenoxy) is 6. The first-order valence-corrected chi connectivity index (χ1v) is 10.5. The van der Waals surface area contributed by atoms with Crippen LogP contribution in [0.3, 0.4) is 0 Å². The van der Waals surface area contributed by atoms with Crippen molar-refractivity contribution in [3.8, 4) is 34.5 Å². The van der Waals surface area contributed by atoms with Gasteiger partial charge < -0.3 is 33.5 Å². The van der Waals surface area contributed by atoms with Crippen LogP contribution in [-0.4, -0.2) is 52.2 Å². The van der Waals surface area contributed by atoms with E-state index in [-0.39, 0.29) is 12.4 Å². The van der Waals surface area contributed by atoms with Gasteiger partial charge in [0.2, 0.25) is 11.5 Å². The number of methoxy groups -OCH3 is 4. The van der Waals surface area contributed by atoms with Gasteiger partial charge in [0.15, 0.2) is 23.0 Å². The molecular weight excluding hydrogens is 440 g/mol. The van der Waals surface area contributed by atoms with Crippen LogP contribution in [0.15, 0.2) is 60.7 Å². The number of para-hydroxylation sites is 1. The third kappa shape index (κ3) is 5.71. The normalized spacial score (nSPS) is 11.3. The van der Waals surface area contributed by atoms with Crippen LogP contribution in [0.5, 0.6) is 34.5 Å². The van der Waals surface area contributed by atoms with Crippen molar-refractivity contribution in [2.45, 2.75) is 12.5 Å². The van der Waals surface area contributed by atoms with Gasteiger partial charge in [0.25, 0.3) is 0 Å². The maximum Gasteiger partial charge on any atom is 0.343 e. The standard InChI is InChI=1S/C26H28O8/c1-29-20-11-8-12-21(30-2)24(20)33-19(16-27)13-17-14-22(31-3)25(23(15-17)32-4)34-26(28)18-9-6-5-7-10-18/h5-12,14-15,19,27H,13,16H2,1-4H3. The third-order valence-electron chi connectivity index (χ3n) is 5.06. The molecular formula is C26H28O8. The summed E-state index contributed by atoms with van der Waals surface area (Å²) in [7, 11) is 6.00. The van der Waals surface area contributed by atoms with Crippen LogP contribution in [0.25, 0.3) is 0 Å². The summed E-state index contributed by atoms with van der Waals surface area (Å²) in [5.74, 6) is 1.60. The number of benzene rings is 3. The molecule has 0 radical (unpaired) electrons. The number of hydrogen-bond acceptors (Lipinski definition) is 8. The largest absolute Gasteiger partial charge is 0.493 e. The summed E-state index contributed by atoms with van der Waals surface area (Å²) in [4.78, 5) is 12.6. The summed E-state index contributed by atoms with van der Waals surface area (Å²) in [5, 5.41) is 9.99. The molecule has 0 aliphatic carbocycles. The van der Waals surface area contributed by atoms with E-state index in [2.05, 4.69) is 0 Å². The van der Waals surface area contributed by atoms with Crippen molar-refractivity contribution >= 4 is 5.97 Å². The van der Waals surface area contributed by atoms with Gasteiger partial charge in [-0.15, -0.1) is 0 Å². The molecule has 3 aromatic rings. The Labute approximate surface area is 198 Å². The van der Waals surface area contributed by atoms with Crippen LogP contribution in [0, 0.1) is 0 Å². The second-order valence-corrected chi connectivity index (χ2v) is 7.20. The molecule has 0 saturated heterocycles. The zero-order valence-corrected chi connectivity index (χ0v) is 19.6. The molecule has 8 nitrogen and oxygen atoms in total. The Morgan fingerprint density at radius 2 is 1.32 bits per heavy atom. The first-order chi connectivity index (χ1) is 16.5. The SMILES string of the molecule is COc1cc(CC(CO)Oc2c(OC)cccc2OC)cc(OC)c1OC(=O)c1ccccc1. The van der Waals surface area contributed by atoms with E-state index in [4.69, 9.17) is 28.4 Å². The smallest absolute Gasteiger partial charge is 0.343 e. The second kappa shape index (κ2) is 11.8. The minimum absolute atomic E-state index is 0.162. The Hall–Kier alpha value is -3.91. The summed E-state index contributed by atoms with van der Waals surface area (Å²) >= 11 is 0. The Balaban J connectivity index is 1.86. The van der Waals surface area contributed by atoms with Crippen molar-refractivity contribution in [3.05, 3.63) is 71.8 Å². The van der Waals surface area contributed by atoms with Gasteiger partial charge in [0.05, 0.1) is 40.6 Å². The molecule has 0 fully saturated rings. The third-order valence-corrected chi connectivity index (χ3v) is 5.06.